The van der Waals surface area contributed by atoms with E-state index in [1.54, 1.807) is 7.05 Å². The number of nitrogens with zero attached hydrogens (tertiary/aromatic N) is 1. The lowest BCUT2D eigenvalue weighted by Crippen LogP contribution is -2.42. The highest BCUT2D eigenvalue weighted by Crippen LogP contribution is 1.64. The van der Waals surface area contributed by atoms with E-state index >= 15 is 0 Å². The van der Waals surface area contributed by atoms with Gasteiger partial charge in [0.2, 0.25) is 5.96 Å². The molecule has 54 valence electrons. The van der Waals surface area contributed by atoms with Crippen molar-refractivity contribution in [1.29, 1.82) is 0 Å². The summed E-state index contributed by atoms with van der Waals surface area (Å²) < 4.78 is 0. The zero-order chi connectivity index (χ0) is 7.11. The fourth-order valence-corrected chi connectivity index (χ4v) is 0.334. The normalized spacial score (nSPS) is 11.6. The first-order valence-corrected chi connectivity index (χ1v) is 3.02. The van der Waals surface area contributed by atoms with E-state index in [0.29, 0.717) is 5.96 Å². The van der Waals surface area contributed by atoms with Crippen LogP contribution in [0.5, 0.6) is 0 Å². The van der Waals surface area contributed by atoms with E-state index in [9.17, 15) is 0 Å². The quantitative estimate of drug-likeness (QED) is 0.207. The fraction of sp³-hybridized carbons (Fsp3) is 0.800. The standard InChI is InChI=1S/C5H14N4/c1-3-4-8-9-5(6)7-2/h8H,3-4H2,1-2H3,(H3,6,7,9). The molecule has 0 saturated heterocycles. The van der Waals surface area contributed by atoms with Gasteiger partial charge in [-0.05, 0) is 6.42 Å². The van der Waals surface area contributed by atoms with Crippen LogP contribution in [0.1, 0.15) is 13.3 Å². The molecule has 0 fully saturated rings. The van der Waals surface area contributed by atoms with Crippen molar-refractivity contribution < 1.29 is 0 Å². The highest BCUT2D eigenvalue weighted by atomic mass is 15.4. The van der Waals surface area contributed by atoms with Crippen molar-refractivity contribution >= 4 is 5.96 Å². The zero-order valence-electron chi connectivity index (χ0n) is 5.94. The molecule has 0 aliphatic carbocycles. The minimum absolute atomic E-state index is 0.420. The van der Waals surface area contributed by atoms with E-state index < -0.39 is 0 Å². The maximum atomic E-state index is 5.29. The third-order valence-corrected chi connectivity index (χ3v) is 0.832. The van der Waals surface area contributed by atoms with Crippen molar-refractivity contribution in [2.24, 2.45) is 10.7 Å². The molecule has 0 aliphatic rings. The Morgan fingerprint density at radius 3 is 2.78 bits per heavy atom. The second kappa shape index (κ2) is 5.37. The summed E-state index contributed by atoms with van der Waals surface area (Å²) in [5, 5.41) is 0. The van der Waals surface area contributed by atoms with E-state index in [4.69, 9.17) is 5.73 Å². The number of nitrogens with one attached hydrogen (secondary N) is 2. The Balaban J connectivity index is 3.07. The van der Waals surface area contributed by atoms with Crippen molar-refractivity contribution in [3.63, 3.8) is 0 Å². The van der Waals surface area contributed by atoms with Gasteiger partial charge in [0, 0.05) is 13.6 Å². The van der Waals surface area contributed by atoms with Crippen LogP contribution >= 0.6 is 0 Å². The van der Waals surface area contributed by atoms with Crippen LogP contribution in [-0.2, 0) is 0 Å². The van der Waals surface area contributed by atoms with Gasteiger partial charge in [0.05, 0.1) is 0 Å². The van der Waals surface area contributed by atoms with E-state index in [1.165, 1.54) is 0 Å². The van der Waals surface area contributed by atoms with Crippen LogP contribution in [0.15, 0.2) is 4.99 Å². The monoisotopic (exact) mass is 130 g/mol. The van der Waals surface area contributed by atoms with E-state index in [1.807, 2.05) is 0 Å². The molecular formula is C5H14N4. The number of rotatable bonds is 3. The molecule has 0 aromatic heterocycles. The highest BCUT2D eigenvalue weighted by molar-refractivity contribution is 5.76. The molecule has 4 N–H and O–H groups in total. The molecule has 0 aromatic rings. The summed E-state index contributed by atoms with van der Waals surface area (Å²) in [7, 11) is 1.63. The summed E-state index contributed by atoms with van der Waals surface area (Å²) in [5.41, 5.74) is 10.9. The zero-order valence-corrected chi connectivity index (χ0v) is 5.94. The van der Waals surface area contributed by atoms with Gasteiger partial charge in [0.15, 0.2) is 0 Å². The number of hydrogen-bond donors (Lipinski definition) is 3. The summed E-state index contributed by atoms with van der Waals surface area (Å²) >= 11 is 0. The van der Waals surface area contributed by atoms with Crippen molar-refractivity contribution in [1.82, 2.24) is 10.9 Å². The lowest BCUT2D eigenvalue weighted by molar-refractivity contribution is 0.636. The average Bonchev–Trinajstić information content (AvgIpc) is 1.89. The van der Waals surface area contributed by atoms with Crippen LogP contribution in [0.3, 0.4) is 0 Å². The lowest BCUT2D eigenvalue weighted by Gasteiger charge is -2.03. The molecule has 0 aromatic carbocycles. The van der Waals surface area contributed by atoms with Gasteiger partial charge < -0.3 is 5.73 Å². The minimum Gasteiger partial charge on any atom is -0.369 e. The van der Waals surface area contributed by atoms with Crippen LogP contribution in [0, 0.1) is 0 Å². The molecule has 0 bridgehead atoms. The first kappa shape index (κ1) is 8.23. The smallest absolute Gasteiger partial charge is 0.202 e. The molecule has 0 spiro atoms. The van der Waals surface area contributed by atoms with E-state index in [-0.39, 0.29) is 0 Å². The predicted molar refractivity (Wildman–Crippen MR) is 39.0 cm³/mol. The fourth-order valence-electron chi connectivity index (χ4n) is 0.334. The largest absolute Gasteiger partial charge is 0.369 e. The molecule has 0 rings (SSSR count). The Kier molecular flexibility index (Phi) is 4.91. The van der Waals surface area contributed by atoms with E-state index in [2.05, 4.69) is 22.8 Å². The molecule has 9 heavy (non-hydrogen) atoms. The maximum Gasteiger partial charge on any atom is 0.202 e. The molecule has 0 heterocycles. The molecule has 0 amide bonds. The van der Waals surface area contributed by atoms with E-state index in [0.717, 1.165) is 13.0 Å². The van der Waals surface area contributed by atoms with Crippen molar-refractivity contribution in [2.75, 3.05) is 13.6 Å². The van der Waals surface area contributed by atoms with Gasteiger partial charge in [-0.25, -0.2) is 5.43 Å². The third-order valence-electron chi connectivity index (χ3n) is 0.832. The third kappa shape index (κ3) is 5.10. The Hall–Kier alpha value is -0.770. The van der Waals surface area contributed by atoms with Crippen molar-refractivity contribution in [3.8, 4) is 0 Å². The lowest BCUT2D eigenvalue weighted by atomic mass is 10.5. The van der Waals surface area contributed by atoms with Crippen LogP contribution in [0.4, 0.5) is 0 Å². The first-order chi connectivity index (χ1) is 4.31. The second-order valence-corrected chi connectivity index (χ2v) is 1.66. The minimum atomic E-state index is 0.420. The first-order valence-electron chi connectivity index (χ1n) is 3.02. The molecule has 0 saturated carbocycles. The molecule has 0 atom stereocenters. The van der Waals surface area contributed by atoms with Crippen LogP contribution < -0.4 is 16.6 Å². The van der Waals surface area contributed by atoms with Gasteiger partial charge >= 0.3 is 0 Å². The maximum absolute atomic E-state index is 5.29. The van der Waals surface area contributed by atoms with Crippen molar-refractivity contribution in [2.45, 2.75) is 13.3 Å². The van der Waals surface area contributed by atoms with Gasteiger partial charge in [0.1, 0.15) is 0 Å². The summed E-state index contributed by atoms with van der Waals surface area (Å²) in [5.74, 6) is 0.420. The number of nitrogens with two attached hydrogens (primary N) is 1. The average molecular weight is 130 g/mol. The highest BCUT2D eigenvalue weighted by Gasteiger charge is 1.82. The Morgan fingerprint density at radius 2 is 2.33 bits per heavy atom. The molecule has 0 unspecified atom stereocenters. The Bertz CT molecular complexity index is 89.0. The summed E-state index contributed by atoms with van der Waals surface area (Å²) in [6.45, 7) is 2.98. The Labute approximate surface area is 55.5 Å². The molecule has 4 nitrogen and oxygen atoms in total. The topological polar surface area (TPSA) is 62.4 Å². The number of guanidine groups is 1. The van der Waals surface area contributed by atoms with Gasteiger partial charge in [-0.3, -0.25) is 10.4 Å². The van der Waals surface area contributed by atoms with Crippen molar-refractivity contribution in [3.05, 3.63) is 0 Å². The Morgan fingerprint density at radius 1 is 1.67 bits per heavy atom. The van der Waals surface area contributed by atoms with Gasteiger partial charge in [-0.15, -0.1) is 0 Å². The summed E-state index contributed by atoms with van der Waals surface area (Å²) in [6.07, 6.45) is 1.07. The number of hydrazine groups is 1. The molecule has 4 heteroatoms. The summed E-state index contributed by atoms with van der Waals surface area (Å²) in [4.78, 5) is 3.68. The van der Waals surface area contributed by atoms with Crippen LogP contribution in [0.2, 0.25) is 0 Å². The molecule has 0 aliphatic heterocycles. The molecular weight excluding hydrogens is 116 g/mol. The van der Waals surface area contributed by atoms with Gasteiger partial charge in [-0.1, -0.05) is 6.92 Å². The summed E-state index contributed by atoms with van der Waals surface area (Å²) in [6, 6.07) is 0. The number of aliphatic imine (C=N–C) groups is 1. The SMILES string of the molecule is CCCNNC(N)=NC. The van der Waals surface area contributed by atoms with Crippen LogP contribution in [-0.4, -0.2) is 19.6 Å². The number of hydrogen-bond acceptors (Lipinski definition) is 2. The van der Waals surface area contributed by atoms with Gasteiger partial charge in [0.25, 0.3) is 0 Å². The van der Waals surface area contributed by atoms with Crippen LogP contribution in [0.25, 0.3) is 0 Å². The predicted octanol–water partition coefficient (Wildman–Crippen LogP) is -0.565. The molecule has 0 radical (unpaired) electrons. The van der Waals surface area contributed by atoms with Gasteiger partial charge in [-0.2, -0.15) is 0 Å². The second-order valence-electron chi connectivity index (χ2n) is 1.66.